The molecule has 0 atom stereocenters. The van der Waals surface area contributed by atoms with E-state index in [4.69, 9.17) is 0 Å². The molecular weight excluding hydrogens is 371 g/mol. The number of hydrogen-bond donors (Lipinski definition) is 1. The van der Waals surface area contributed by atoms with Gasteiger partial charge in [0.2, 0.25) is 0 Å². The van der Waals surface area contributed by atoms with Gasteiger partial charge in [-0.1, -0.05) is 41.5 Å². The van der Waals surface area contributed by atoms with E-state index in [-0.39, 0.29) is 17.2 Å². The minimum absolute atomic E-state index is 0.141. The van der Waals surface area contributed by atoms with Gasteiger partial charge in [-0.05, 0) is 35.8 Å². The van der Waals surface area contributed by atoms with Crippen molar-refractivity contribution in [2.45, 2.75) is 32.6 Å². The van der Waals surface area contributed by atoms with Crippen molar-refractivity contribution >= 4 is 34.2 Å². The first kappa shape index (κ1) is 16.9. The molecule has 0 saturated carbocycles. The Kier molecular flexibility index (Phi) is 7.50. The third kappa shape index (κ3) is 5.44. The summed E-state index contributed by atoms with van der Waals surface area (Å²) in [5.41, 5.74) is 0.836. The third-order valence-electron chi connectivity index (χ3n) is 2.94. The molecule has 5 nitrogen and oxygen atoms in total. The number of rotatable bonds is 8. The third-order valence-corrected chi connectivity index (χ3v) is 3.70. The number of aryl methyl sites for hydroxylation is 1. The van der Waals surface area contributed by atoms with Crippen LogP contribution >= 0.6 is 22.6 Å². The summed E-state index contributed by atoms with van der Waals surface area (Å²) in [6.45, 7) is 2.37. The first-order valence-electron chi connectivity index (χ1n) is 6.65. The van der Waals surface area contributed by atoms with E-state index in [0.717, 1.165) is 29.3 Å². The second-order valence-electron chi connectivity index (χ2n) is 4.64. The van der Waals surface area contributed by atoms with Crippen LogP contribution in [0.4, 0.5) is 5.69 Å². The van der Waals surface area contributed by atoms with Crippen molar-refractivity contribution in [2.24, 2.45) is 0 Å². The minimum Gasteiger partial charge on any atom is -0.352 e. The Morgan fingerprint density at radius 3 is 2.65 bits per heavy atom. The SMILES string of the molecule is Cc1ccc([N+](=O)[O-])c(C(=O)NCCCCCCI)c1. The van der Waals surface area contributed by atoms with E-state index in [9.17, 15) is 14.9 Å². The Morgan fingerprint density at radius 1 is 1.30 bits per heavy atom. The Hall–Kier alpha value is -1.18. The summed E-state index contributed by atoms with van der Waals surface area (Å²) >= 11 is 2.35. The fraction of sp³-hybridized carbons (Fsp3) is 0.500. The number of carbonyl (C=O) groups is 1. The topological polar surface area (TPSA) is 72.2 Å². The van der Waals surface area contributed by atoms with Crippen molar-refractivity contribution in [2.75, 3.05) is 11.0 Å². The van der Waals surface area contributed by atoms with Crippen molar-refractivity contribution < 1.29 is 9.72 Å². The van der Waals surface area contributed by atoms with Crippen molar-refractivity contribution in [1.29, 1.82) is 0 Å². The first-order chi connectivity index (χ1) is 9.56. The maximum Gasteiger partial charge on any atom is 0.282 e. The van der Waals surface area contributed by atoms with Gasteiger partial charge < -0.3 is 5.32 Å². The second kappa shape index (κ2) is 8.89. The molecule has 6 heteroatoms. The van der Waals surface area contributed by atoms with Crippen LogP contribution in [0.2, 0.25) is 0 Å². The van der Waals surface area contributed by atoms with Gasteiger partial charge in [0.05, 0.1) is 4.92 Å². The lowest BCUT2D eigenvalue weighted by Gasteiger charge is -2.06. The molecule has 1 N–H and O–H groups in total. The molecule has 0 aromatic heterocycles. The van der Waals surface area contributed by atoms with E-state index in [1.54, 1.807) is 12.1 Å². The van der Waals surface area contributed by atoms with Gasteiger partial charge >= 0.3 is 0 Å². The Bertz CT molecular complexity index is 477. The quantitative estimate of drug-likeness (QED) is 0.242. The fourth-order valence-electron chi connectivity index (χ4n) is 1.86. The highest BCUT2D eigenvalue weighted by molar-refractivity contribution is 14.1. The molecule has 0 heterocycles. The van der Waals surface area contributed by atoms with E-state index in [2.05, 4.69) is 27.9 Å². The smallest absolute Gasteiger partial charge is 0.282 e. The zero-order chi connectivity index (χ0) is 15.0. The normalized spacial score (nSPS) is 10.3. The van der Waals surface area contributed by atoms with Crippen LogP contribution in [0.15, 0.2) is 18.2 Å². The Balaban J connectivity index is 2.54. The monoisotopic (exact) mass is 390 g/mol. The van der Waals surface area contributed by atoms with Gasteiger partial charge in [0, 0.05) is 12.6 Å². The maximum atomic E-state index is 12.0. The molecule has 0 aliphatic heterocycles. The average molecular weight is 390 g/mol. The summed E-state index contributed by atoms with van der Waals surface area (Å²) in [7, 11) is 0. The van der Waals surface area contributed by atoms with Gasteiger partial charge in [0.25, 0.3) is 11.6 Å². The number of nitrogens with one attached hydrogen (secondary N) is 1. The van der Waals surface area contributed by atoms with Crippen LogP contribution in [0.5, 0.6) is 0 Å². The van der Waals surface area contributed by atoms with Crippen LogP contribution in [-0.4, -0.2) is 21.8 Å². The largest absolute Gasteiger partial charge is 0.352 e. The highest BCUT2D eigenvalue weighted by Crippen LogP contribution is 2.19. The Labute approximate surface area is 132 Å². The second-order valence-corrected chi connectivity index (χ2v) is 5.72. The summed E-state index contributed by atoms with van der Waals surface area (Å²) in [6.07, 6.45) is 4.32. The molecule has 0 aliphatic carbocycles. The van der Waals surface area contributed by atoms with Crippen LogP contribution in [0.1, 0.15) is 41.6 Å². The molecule has 0 spiro atoms. The van der Waals surface area contributed by atoms with Gasteiger partial charge in [0.1, 0.15) is 5.56 Å². The summed E-state index contributed by atoms with van der Waals surface area (Å²) in [4.78, 5) is 22.4. The van der Waals surface area contributed by atoms with E-state index >= 15 is 0 Å². The number of carbonyl (C=O) groups excluding carboxylic acids is 1. The van der Waals surface area contributed by atoms with E-state index in [1.165, 1.54) is 12.5 Å². The number of nitro groups is 1. The number of halogens is 1. The number of alkyl halides is 1. The minimum atomic E-state index is -0.519. The molecule has 0 radical (unpaired) electrons. The molecule has 0 unspecified atom stereocenters. The molecule has 0 bridgehead atoms. The predicted molar refractivity (Wildman–Crippen MR) is 87.5 cm³/mol. The average Bonchev–Trinajstić information content (AvgIpc) is 2.42. The molecule has 1 aromatic carbocycles. The molecular formula is C14H19IN2O3. The number of unbranched alkanes of at least 4 members (excludes halogenated alkanes) is 3. The van der Waals surface area contributed by atoms with Gasteiger partial charge in [-0.25, -0.2) is 0 Å². The van der Waals surface area contributed by atoms with Gasteiger partial charge in [-0.2, -0.15) is 0 Å². The number of benzene rings is 1. The lowest BCUT2D eigenvalue weighted by molar-refractivity contribution is -0.385. The zero-order valence-electron chi connectivity index (χ0n) is 11.5. The molecule has 0 saturated heterocycles. The van der Waals surface area contributed by atoms with Gasteiger partial charge in [0.15, 0.2) is 0 Å². The van der Waals surface area contributed by atoms with Crippen molar-refractivity contribution in [3.8, 4) is 0 Å². The van der Waals surface area contributed by atoms with Crippen LogP contribution < -0.4 is 5.32 Å². The lowest BCUT2D eigenvalue weighted by Crippen LogP contribution is -2.25. The van der Waals surface area contributed by atoms with E-state index in [0.29, 0.717) is 6.54 Å². The number of amides is 1. The summed E-state index contributed by atoms with van der Waals surface area (Å²) in [5.74, 6) is -0.366. The fourth-order valence-corrected chi connectivity index (χ4v) is 2.40. The molecule has 0 fully saturated rings. The van der Waals surface area contributed by atoms with Crippen LogP contribution in [0.3, 0.4) is 0 Å². The predicted octanol–water partition coefficient (Wildman–Crippen LogP) is 3.63. The van der Waals surface area contributed by atoms with E-state index in [1.807, 2.05) is 6.92 Å². The van der Waals surface area contributed by atoms with Crippen molar-refractivity contribution in [3.05, 3.63) is 39.4 Å². The number of nitrogens with zero attached hydrogens (tertiary/aromatic N) is 1. The number of nitro benzene ring substituents is 1. The number of hydrogen-bond acceptors (Lipinski definition) is 3. The molecule has 1 amide bonds. The van der Waals surface area contributed by atoms with Gasteiger partial charge in [-0.15, -0.1) is 0 Å². The molecule has 0 aliphatic rings. The van der Waals surface area contributed by atoms with Crippen molar-refractivity contribution in [3.63, 3.8) is 0 Å². The molecule has 110 valence electrons. The Morgan fingerprint density at radius 2 is 2.00 bits per heavy atom. The molecule has 1 aromatic rings. The van der Waals surface area contributed by atoms with Crippen LogP contribution in [0, 0.1) is 17.0 Å². The van der Waals surface area contributed by atoms with Gasteiger partial charge in [-0.3, -0.25) is 14.9 Å². The summed E-state index contributed by atoms with van der Waals surface area (Å²) in [5, 5.41) is 13.7. The lowest BCUT2D eigenvalue weighted by atomic mass is 10.1. The highest BCUT2D eigenvalue weighted by Gasteiger charge is 2.19. The summed E-state index contributed by atoms with van der Waals surface area (Å²) in [6, 6.07) is 4.58. The zero-order valence-corrected chi connectivity index (χ0v) is 13.7. The van der Waals surface area contributed by atoms with Crippen LogP contribution in [-0.2, 0) is 0 Å². The van der Waals surface area contributed by atoms with Crippen LogP contribution in [0.25, 0.3) is 0 Å². The van der Waals surface area contributed by atoms with Crippen molar-refractivity contribution in [1.82, 2.24) is 5.32 Å². The van der Waals surface area contributed by atoms with E-state index < -0.39 is 4.92 Å². The molecule has 20 heavy (non-hydrogen) atoms. The summed E-state index contributed by atoms with van der Waals surface area (Å²) < 4.78 is 1.15. The highest BCUT2D eigenvalue weighted by atomic mass is 127. The first-order valence-corrected chi connectivity index (χ1v) is 8.18. The maximum absolute atomic E-state index is 12.0. The standard InChI is InChI=1S/C14H19IN2O3/c1-11-6-7-13(17(19)20)12(10-11)14(18)16-9-5-3-2-4-8-15/h6-7,10H,2-5,8-9H2,1H3,(H,16,18). The molecule has 1 rings (SSSR count).